The van der Waals surface area contributed by atoms with Gasteiger partial charge in [0.2, 0.25) is 0 Å². The van der Waals surface area contributed by atoms with E-state index in [1.807, 2.05) is 54.6 Å². The topological polar surface area (TPSA) is 96.6 Å². The summed E-state index contributed by atoms with van der Waals surface area (Å²) in [5.41, 5.74) is 5.40. The number of carbonyl (C=O) groups excluding carboxylic acids is 2. The fourth-order valence-electron chi connectivity index (χ4n) is 4.02. The molecule has 1 aliphatic heterocycles. The number of likely N-dealkylation sites (N-methyl/N-ethyl adjacent to an activating group) is 1. The third kappa shape index (κ3) is 4.98. The average molecular weight is 490 g/mol. The summed E-state index contributed by atoms with van der Waals surface area (Å²) in [4.78, 5) is 31.5. The minimum atomic E-state index is -0.246. The molecule has 0 unspecified atom stereocenters. The molecule has 1 saturated heterocycles. The van der Waals surface area contributed by atoms with Crippen molar-refractivity contribution in [2.24, 2.45) is 0 Å². The van der Waals surface area contributed by atoms with Gasteiger partial charge in [-0.3, -0.25) is 25.1 Å². The summed E-state index contributed by atoms with van der Waals surface area (Å²) in [6.45, 7) is 4.01. The number of hydrogen-bond donors (Lipinski definition) is 3. The number of thiophene rings is 1. The molecule has 9 nitrogen and oxygen atoms in total. The number of hydrogen-bond acceptors (Lipinski definition) is 7. The average Bonchev–Trinajstić information content (AvgIpc) is 3.47. The Balaban J connectivity index is 1.25. The van der Waals surface area contributed by atoms with Crippen LogP contribution < -0.4 is 20.7 Å². The number of anilines is 3. The number of aromatic amines is 1. The molecule has 1 aliphatic rings. The molecule has 4 aromatic rings. The van der Waals surface area contributed by atoms with Gasteiger partial charge < -0.3 is 15.1 Å². The van der Waals surface area contributed by atoms with Crippen LogP contribution in [0.3, 0.4) is 0 Å². The maximum Gasteiger partial charge on any atom is 0.279 e. The molecule has 0 saturated carbocycles. The minimum absolute atomic E-state index is 0.234. The Kier molecular flexibility index (Phi) is 6.39. The number of para-hydroxylation sites is 1. The number of nitrogens with one attached hydrogen (secondary N) is 3. The summed E-state index contributed by atoms with van der Waals surface area (Å²) in [6.07, 6.45) is 0. The Morgan fingerprint density at radius 1 is 1.00 bits per heavy atom. The van der Waals surface area contributed by atoms with Gasteiger partial charge in [-0.1, -0.05) is 18.2 Å². The molecule has 0 bridgehead atoms. The Morgan fingerprint density at radius 3 is 2.43 bits per heavy atom. The van der Waals surface area contributed by atoms with Crippen molar-refractivity contribution in [2.75, 3.05) is 55.5 Å². The zero-order valence-corrected chi connectivity index (χ0v) is 20.4. The largest absolute Gasteiger partial charge is 0.369 e. The predicted molar refractivity (Wildman–Crippen MR) is 140 cm³/mol. The maximum absolute atomic E-state index is 12.9. The molecule has 5 rings (SSSR count). The van der Waals surface area contributed by atoms with Crippen molar-refractivity contribution in [3.05, 3.63) is 71.1 Å². The highest BCUT2D eigenvalue weighted by Crippen LogP contribution is 2.30. The van der Waals surface area contributed by atoms with Crippen LogP contribution in [-0.2, 0) is 0 Å². The van der Waals surface area contributed by atoms with Crippen LogP contribution in [0, 0.1) is 0 Å². The summed E-state index contributed by atoms with van der Waals surface area (Å²) >= 11 is 1.29. The number of H-pyrrole nitrogens is 1. The molecule has 2 aromatic carbocycles. The fraction of sp³-hybridized carbons (Fsp3) is 0.240. The molecule has 35 heavy (non-hydrogen) atoms. The van der Waals surface area contributed by atoms with Gasteiger partial charge in [-0.25, -0.2) is 0 Å². The number of benzene rings is 2. The molecule has 1 fully saturated rings. The zero-order valence-electron chi connectivity index (χ0n) is 19.6. The second kappa shape index (κ2) is 9.77. The Morgan fingerprint density at radius 2 is 1.71 bits per heavy atom. The Labute approximate surface area is 207 Å². The monoisotopic (exact) mass is 489 g/mol. The second-order valence-corrected chi connectivity index (χ2v) is 9.60. The lowest BCUT2D eigenvalue weighted by molar-refractivity contribution is 0.0954. The number of piperazine rings is 1. The van der Waals surface area contributed by atoms with Crippen molar-refractivity contribution in [3.63, 3.8) is 0 Å². The molecule has 0 radical (unpaired) electrons. The molecule has 180 valence electrons. The van der Waals surface area contributed by atoms with Crippen molar-refractivity contribution in [1.29, 1.82) is 0 Å². The lowest BCUT2D eigenvalue weighted by Gasteiger charge is -2.34. The smallest absolute Gasteiger partial charge is 0.279 e. The highest BCUT2D eigenvalue weighted by atomic mass is 32.1. The first-order valence-corrected chi connectivity index (χ1v) is 12.2. The first-order valence-electron chi connectivity index (χ1n) is 11.4. The number of amides is 2. The van der Waals surface area contributed by atoms with Gasteiger partial charge in [0, 0.05) is 44.5 Å². The summed E-state index contributed by atoms with van der Waals surface area (Å²) in [5.74, 6) is -0.0769. The minimum Gasteiger partial charge on any atom is -0.369 e. The van der Waals surface area contributed by atoms with E-state index >= 15 is 0 Å². The lowest BCUT2D eigenvalue weighted by atomic mass is 10.1. The molecule has 10 heteroatoms. The van der Waals surface area contributed by atoms with Gasteiger partial charge in [-0.05, 0) is 49.5 Å². The van der Waals surface area contributed by atoms with E-state index in [9.17, 15) is 9.59 Å². The molecule has 3 N–H and O–H groups in total. The van der Waals surface area contributed by atoms with Crippen LogP contribution >= 0.6 is 11.3 Å². The highest BCUT2D eigenvalue weighted by molar-refractivity contribution is 7.20. The zero-order chi connectivity index (χ0) is 24.4. The van der Waals surface area contributed by atoms with Crippen LogP contribution in [0.25, 0.3) is 10.2 Å². The summed E-state index contributed by atoms with van der Waals surface area (Å²) in [6, 6.07) is 18.9. The van der Waals surface area contributed by atoms with Crippen LogP contribution in [0.5, 0.6) is 0 Å². The summed E-state index contributed by atoms with van der Waals surface area (Å²) in [5, 5.41) is 12.4. The third-order valence-corrected chi connectivity index (χ3v) is 7.16. The number of fused-ring (bicyclic) bond motifs is 1. The molecule has 0 atom stereocenters. The molecule has 2 amide bonds. The fourth-order valence-corrected chi connectivity index (χ4v) is 4.91. The number of hydrazine groups is 1. The van der Waals surface area contributed by atoms with Gasteiger partial charge in [-0.2, -0.15) is 5.10 Å². The van der Waals surface area contributed by atoms with Crippen molar-refractivity contribution < 1.29 is 9.59 Å². The van der Waals surface area contributed by atoms with E-state index in [1.54, 1.807) is 18.1 Å². The number of nitrogens with zero attached hydrogens (tertiary/aromatic N) is 4. The third-order valence-electron chi connectivity index (χ3n) is 6.12. The van der Waals surface area contributed by atoms with E-state index in [0.717, 1.165) is 42.4 Å². The van der Waals surface area contributed by atoms with Gasteiger partial charge in [0.05, 0.1) is 16.0 Å². The standard InChI is InChI=1S/C25H27N7O2S/c1-30-12-14-32(15-13-30)19-10-8-17(9-11-19)23(33)26-22-20-16-21(35-25(20)28-27-22)24(34)29-31(2)18-6-4-3-5-7-18/h3-11,16H,12-15H2,1-2H3,(H,29,34)(H2,26,27,28,33). The van der Waals surface area contributed by atoms with Crippen molar-refractivity contribution in [3.8, 4) is 0 Å². The van der Waals surface area contributed by atoms with Gasteiger partial charge in [-0.15, -0.1) is 11.3 Å². The van der Waals surface area contributed by atoms with E-state index in [1.165, 1.54) is 11.3 Å². The summed E-state index contributed by atoms with van der Waals surface area (Å²) in [7, 11) is 3.91. The van der Waals surface area contributed by atoms with Crippen LogP contribution in [-0.4, -0.2) is 67.2 Å². The van der Waals surface area contributed by atoms with E-state index < -0.39 is 0 Å². The predicted octanol–water partition coefficient (Wildman–Crippen LogP) is 3.41. The van der Waals surface area contributed by atoms with Gasteiger partial charge in [0.1, 0.15) is 4.83 Å². The lowest BCUT2D eigenvalue weighted by Crippen LogP contribution is -2.44. The number of carbonyl (C=O) groups is 2. The van der Waals surface area contributed by atoms with Gasteiger partial charge in [0.25, 0.3) is 11.8 Å². The molecular weight excluding hydrogens is 462 g/mol. The number of rotatable bonds is 6. The van der Waals surface area contributed by atoms with Crippen molar-refractivity contribution in [2.45, 2.75) is 0 Å². The van der Waals surface area contributed by atoms with E-state index in [2.05, 4.69) is 37.8 Å². The SMILES string of the molecule is CN1CCN(c2ccc(C(=O)Nc3n[nH]c4sc(C(=O)NN(C)c5ccccc5)cc34)cc2)CC1. The van der Waals surface area contributed by atoms with Gasteiger partial charge in [0.15, 0.2) is 5.82 Å². The first kappa shape index (κ1) is 22.9. The molecule has 2 aromatic heterocycles. The first-order chi connectivity index (χ1) is 17.0. The van der Waals surface area contributed by atoms with E-state index in [4.69, 9.17) is 0 Å². The van der Waals surface area contributed by atoms with Crippen LogP contribution in [0.2, 0.25) is 0 Å². The highest BCUT2D eigenvalue weighted by Gasteiger charge is 2.19. The van der Waals surface area contributed by atoms with Gasteiger partial charge >= 0.3 is 0 Å². The summed E-state index contributed by atoms with van der Waals surface area (Å²) < 4.78 is 0. The van der Waals surface area contributed by atoms with E-state index in [0.29, 0.717) is 21.6 Å². The van der Waals surface area contributed by atoms with E-state index in [-0.39, 0.29) is 11.8 Å². The Bertz CT molecular complexity index is 1330. The Hall–Kier alpha value is -3.89. The molecule has 3 heterocycles. The normalized spacial score (nSPS) is 14.2. The van der Waals surface area contributed by atoms with Crippen LogP contribution in [0.4, 0.5) is 17.2 Å². The number of aromatic nitrogens is 2. The molecule has 0 aliphatic carbocycles. The van der Waals surface area contributed by atoms with Crippen molar-refractivity contribution >= 4 is 50.6 Å². The van der Waals surface area contributed by atoms with Crippen LogP contribution in [0.1, 0.15) is 20.0 Å². The maximum atomic E-state index is 12.9. The molecule has 0 spiro atoms. The molecular formula is C25H27N7O2S. The quantitative estimate of drug-likeness (QED) is 0.359. The van der Waals surface area contributed by atoms with Crippen molar-refractivity contribution in [1.82, 2.24) is 20.5 Å². The second-order valence-electron chi connectivity index (χ2n) is 8.55. The van der Waals surface area contributed by atoms with Crippen LogP contribution in [0.15, 0.2) is 60.7 Å².